The van der Waals surface area contributed by atoms with Crippen molar-refractivity contribution in [2.45, 2.75) is 18.6 Å². The minimum Gasteiger partial charge on any atom is -0.478 e. The van der Waals surface area contributed by atoms with E-state index in [9.17, 15) is 9.90 Å². The van der Waals surface area contributed by atoms with Crippen LogP contribution in [0.2, 0.25) is 0 Å². The van der Waals surface area contributed by atoms with Gasteiger partial charge in [-0.1, -0.05) is 0 Å². The first kappa shape index (κ1) is 13.6. The van der Waals surface area contributed by atoms with Crippen LogP contribution in [-0.2, 0) is 4.79 Å². The lowest BCUT2D eigenvalue weighted by molar-refractivity contribution is -0.403. The molecule has 0 saturated carbocycles. The van der Waals surface area contributed by atoms with E-state index in [1.165, 1.54) is 0 Å². The predicted molar refractivity (Wildman–Crippen MR) is 47.9 cm³/mol. The quantitative estimate of drug-likeness (QED) is 0.0976. The molecule has 0 spiro atoms. The average Bonchev–Trinajstić information content (AvgIpc) is 2.10. The molecule has 0 saturated heterocycles. The molecule has 0 aromatic carbocycles. The van der Waals surface area contributed by atoms with Crippen LogP contribution in [0.3, 0.4) is 0 Å². The van der Waals surface area contributed by atoms with Crippen LogP contribution in [0.1, 0.15) is 12.8 Å². The summed E-state index contributed by atoms with van der Waals surface area (Å²) < 4.78 is 0. The fraction of sp³-hybridized carbons (Fsp3) is 0.667. The highest BCUT2D eigenvalue weighted by Crippen LogP contribution is 2.15. The Kier molecular flexibility index (Phi) is 4.94. The summed E-state index contributed by atoms with van der Waals surface area (Å²) in [5.74, 6) is -1.95. The minimum absolute atomic E-state index is 0.0678. The maximum absolute atomic E-state index is 10.5. The Morgan fingerprint density at radius 1 is 1.40 bits per heavy atom. The van der Waals surface area contributed by atoms with Gasteiger partial charge in [0, 0.05) is 13.0 Å². The molecule has 9 nitrogen and oxygen atoms in total. The molecular formula is C6H14N4O5. The monoisotopic (exact) mass is 222 g/mol. The molecule has 0 aromatic heterocycles. The number of hydrogen-bond acceptors (Lipinski definition) is 6. The zero-order valence-electron chi connectivity index (χ0n) is 7.87. The van der Waals surface area contributed by atoms with Crippen LogP contribution in [0.5, 0.6) is 0 Å². The molecule has 0 bridgehead atoms. The van der Waals surface area contributed by atoms with E-state index >= 15 is 0 Å². The molecule has 88 valence electrons. The first-order valence-electron chi connectivity index (χ1n) is 4.00. The van der Waals surface area contributed by atoms with E-state index in [2.05, 4.69) is 4.99 Å². The van der Waals surface area contributed by atoms with Crippen molar-refractivity contribution in [3.05, 3.63) is 0 Å². The van der Waals surface area contributed by atoms with Gasteiger partial charge in [0.15, 0.2) is 5.96 Å². The third-order valence-corrected chi connectivity index (χ3v) is 1.65. The van der Waals surface area contributed by atoms with Crippen molar-refractivity contribution in [3.63, 3.8) is 0 Å². The molecule has 0 unspecified atom stereocenters. The van der Waals surface area contributed by atoms with Crippen LogP contribution in [0.15, 0.2) is 4.99 Å². The summed E-state index contributed by atoms with van der Waals surface area (Å²) >= 11 is 0. The first-order chi connectivity index (χ1) is 6.80. The second kappa shape index (κ2) is 5.46. The Morgan fingerprint density at radius 2 is 1.93 bits per heavy atom. The van der Waals surface area contributed by atoms with E-state index < -0.39 is 23.3 Å². The molecule has 0 aliphatic rings. The van der Waals surface area contributed by atoms with E-state index in [1.54, 1.807) is 0 Å². The number of nitrogens with zero attached hydrogens (tertiary/aromatic N) is 2. The molecule has 9 heteroatoms. The van der Waals surface area contributed by atoms with Gasteiger partial charge in [-0.25, -0.2) is 4.79 Å². The number of carbonyl (C=O) groups is 1. The summed E-state index contributed by atoms with van der Waals surface area (Å²) in [6.07, 6.45) is -0.371. The lowest BCUT2D eigenvalue weighted by atomic mass is 10.1. The van der Waals surface area contributed by atoms with Gasteiger partial charge in [0.2, 0.25) is 0 Å². The Morgan fingerprint density at radius 3 is 2.27 bits per heavy atom. The van der Waals surface area contributed by atoms with Gasteiger partial charge in [-0.05, 0) is 11.6 Å². The Hall–Kier alpha value is -1.42. The van der Waals surface area contributed by atoms with Gasteiger partial charge in [0.1, 0.15) is 0 Å². The number of carboxylic acid groups (broad SMARTS) is 1. The second-order valence-corrected chi connectivity index (χ2v) is 2.82. The standard InChI is InChI=1S/C6H14N4O5/c7-5(8)9-3-1-2-6(13,4(11)12)10(14)15/h13-15H,1-3H2,(H,11,12)(H4,7,8,9)/t6-/m1/s1. The Labute approximate surface area is 85.1 Å². The highest BCUT2D eigenvalue weighted by molar-refractivity contribution is 5.76. The van der Waals surface area contributed by atoms with Crippen LogP contribution in [0.4, 0.5) is 0 Å². The molecule has 0 aromatic rings. The maximum Gasteiger partial charge on any atom is 0.356 e. The van der Waals surface area contributed by atoms with Crippen LogP contribution >= 0.6 is 0 Å². The van der Waals surface area contributed by atoms with Gasteiger partial charge in [0.25, 0.3) is 5.72 Å². The summed E-state index contributed by atoms with van der Waals surface area (Å²) in [5.41, 5.74) is 7.25. The van der Waals surface area contributed by atoms with E-state index in [0.29, 0.717) is 0 Å². The van der Waals surface area contributed by atoms with Crippen LogP contribution < -0.4 is 11.5 Å². The Balaban J connectivity index is 4.21. The molecular weight excluding hydrogens is 208 g/mol. The third-order valence-electron chi connectivity index (χ3n) is 1.65. The number of nitrogens with two attached hydrogens (primary N) is 2. The zero-order valence-corrected chi connectivity index (χ0v) is 7.87. The van der Waals surface area contributed by atoms with Crippen LogP contribution in [-0.4, -0.2) is 50.1 Å². The molecule has 8 N–H and O–H groups in total. The molecule has 0 heterocycles. The average molecular weight is 222 g/mol. The summed E-state index contributed by atoms with van der Waals surface area (Å²) in [4.78, 5) is 14.0. The van der Waals surface area contributed by atoms with Crippen molar-refractivity contribution in [1.29, 1.82) is 0 Å². The number of hydroxylamine groups is 2. The van der Waals surface area contributed by atoms with Crippen molar-refractivity contribution < 1.29 is 25.4 Å². The third kappa shape index (κ3) is 4.08. The summed E-state index contributed by atoms with van der Waals surface area (Å²) in [6, 6.07) is 0. The van der Waals surface area contributed by atoms with Gasteiger partial charge in [0.05, 0.1) is 0 Å². The number of hydrogen-bond donors (Lipinski definition) is 6. The van der Waals surface area contributed by atoms with Crippen molar-refractivity contribution >= 4 is 11.9 Å². The van der Waals surface area contributed by atoms with Gasteiger partial charge in [-0.15, -0.1) is 0 Å². The zero-order chi connectivity index (χ0) is 12.1. The van der Waals surface area contributed by atoms with E-state index in [1.807, 2.05) is 0 Å². The molecule has 0 aliphatic heterocycles. The van der Waals surface area contributed by atoms with Gasteiger partial charge >= 0.3 is 5.97 Å². The summed E-state index contributed by atoms with van der Waals surface area (Å²) in [7, 11) is 0. The number of aliphatic hydroxyl groups is 1. The minimum atomic E-state index is -2.75. The van der Waals surface area contributed by atoms with Crippen molar-refractivity contribution in [3.8, 4) is 0 Å². The van der Waals surface area contributed by atoms with Crippen molar-refractivity contribution in [2.24, 2.45) is 16.5 Å². The van der Waals surface area contributed by atoms with Crippen LogP contribution in [0, 0.1) is 0 Å². The molecule has 0 rings (SSSR count). The number of carboxylic acids is 1. The molecule has 15 heavy (non-hydrogen) atoms. The highest BCUT2D eigenvalue weighted by atomic mass is 16.8. The normalized spacial score (nSPS) is 14.7. The molecule has 0 aliphatic carbocycles. The predicted octanol–water partition coefficient (Wildman–Crippen LogP) is -2.11. The fourth-order valence-electron chi connectivity index (χ4n) is 0.826. The first-order valence-corrected chi connectivity index (χ1v) is 4.00. The lowest BCUT2D eigenvalue weighted by Crippen LogP contribution is -2.51. The highest BCUT2D eigenvalue weighted by Gasteiger charge is 2.41. The topological polar surface area (TPSA) is 166 Å². The SMILES string of the molecule is NC(N)=NCCC[C@@](O)(C(=O)O)N(O)O. The van der Waals surface area contributed by atoms with E-state index in [0.717, 1.165) is 0 Å². The summed E-state index contributed by atoms with van der Waals surface area (Å²) in [6.45, 7) is 0.0752. The number of aliphatic carboxylic acids is 1. The van der Waals surface area contributed by atoms with Crippen molar-refractivity contribution in [1.82, 2.24) is 5.23 Å². The number of guanidine groups is 1. The van der Waals surface area contributed by atoms with Crippen molar-refractivity contribution in [2.75, 3.05) is 6.54 Å². The number of rotatable bonds is 6. The molecule has 1 atom stereocenters. The van der Waals surface area contributed by atoms with E-state index in [-0.39, 0.29) is 18.9 Å². The molecule has 0 radical (unpaired) electrons. The molecule has 0 fully saturated rings. The van der Waals surface area contributed by atoms with Gasteiger partial charge in [-0.2, -0.15) is 0 Å². The fourth-order valence-corrected chi connectivity index (χ4v) is 0.826. The maximum atomic E-state index is 10.5. The smallest absolute Gasteiger partial charge is 0.356 e. The second-order valence-electron chi connectivity index (χ2n) is 2.82. The van der Waals surface area contributed by atoms with Crippen LogP contribution in [0.25, 0.3) is 0 Å². The number of aliphatic imine (C=N–C) groups is 1. The summed E-state index contributed by atoms with van der Waals surface area (Å²) in [5, 5.41) is 34.0. The molecule has 0 amide bonds. The van der Waals surface area contributed by atoms with E-state index in [4.69, 9.17) is 27.0 Å². The van der Waals surface area contributed by atoms with Gasteiger partial charge < -0.3 is 21.7 Å². The van der Waals surface area contributed by atoms with Gasteiger partial charge in [-0.3, -0.25) is 15.4 Å². The largest absolute Gasteiger partial charge is 0.478 e. The lowest BCUT2D eigenvalue weighted by Gasteiger charge is -2.25. The Bertz CT molecular complexity index is 252.